The molecule has 1 heteroatoms. The van der Waals surface area contributed by atoms with Crippen LogP contribution in [0.2, 0.25) is 0 Å². The van der Waals surface area contributed by atoms with Crippen LogP contribution in [0.3, 0.4) is 0 Å². The highest BCUT2D eigenvalue weighted by Gasteiger charge is 2.03. The van der Waals surface area contributed by atoms with Gasteiger partial charge in [-0.25, -0.2) is 0 Å². The summed E-state index contributed by atoms with van der Waals surface area (Å²) in [7, 11) is 0. The molecule has 1 N–H and O–H groups in total. The third kappa shape index (κ3) is 10.5. The molecule has 0 aromatic rings. The lowest BCUT2D eigenvalue weighted by Crippen LogP contribution is -2.26. The van der Waals surface area contributed by atoms with Crippen molar-refractivity contribution in [2.24, 2.45) is 11.8 Å². The minimum Gasteiger partial charge on any atom is -0.316 e. The highest BCUT2D eigenvalue weighted by molar-refractivity contribution is 4.61. The average molecular weight is 227 g/mol. The zero-order valence-corrected chi connectivity index (χ0v) is 12.0. The van der Waals surface area contributed by atoms with Gasteiger partial charge in [0.15, 0.2) is 0 Å². The highest BCUT2D eigenvalue weighted by Crippen LogP contribution is 2.10. The first-order valence-corrected chi connectivity index (χ1v) is 7.41. The first kappa shape index (κ1) is 16.0. The molecule has 0 radical (unpaired) electrons. The van der Waals surface area contributed by atoms with Crippen molar-refractivity contribution in [3.63, 3.8) is 0 Å². The van der Waals surface area contributed by atoms with E-state index in [1.807, 2.05) is 0 Å². The maximum absolute atomic E-state index is 3.61. The molecule has 0 fully saturated rings. The fraction of sp³-hybridized carbons (Fsp3) is 1.00. The predicted molar refractivity (Wildman–Crippen MR) is 74.9 cm³/mol. The van der Waals surface area contributed by atoms with Crippen LogP contribution in [0.1, 0.15) is 72.6 Å². The van der Waals surface area contributed by atoms with Gasteiger partial charge in [0.1, 0.15) is 0 Å². The first-order valence-electron chi connectivity index (χ1n) is 7.41. The number of rotatable bonds is 11. The molecule has 0 bridgehead atoms. The van der Waals surface area contributed by atoms with Crippen molar-refractivity contribution in [1.82, 2.24) is 5.32 Å². The van der Waals surface area contributed by atoms with Gasteiger partial charge in [-0.3, -0.25) is 0 Å². The Balaban J connectivity index is 3.26. The van der Waals surface area contributed by atoms with Crippen molar-refractivity contribution in [3.05, 3.63) is 0 Å². The van der Waals surface area contributed by atoms with Crippen LogP contribution in [0.5, 0.6) is 0 Å². The van der Waals surface area contributed by atoms with E-state index in [1.165, 1.54) is 58.0 Å². The topological polar surface area (TPSA) is 12.0 Å². The first-order chi connectivity index (χ1) is 7.70. The van der Waals surface area contributed by atoms with Crippen LogP contribution in [0.4, 0.5) is 0 Å². The van der Waals surface area contributed by atoms with E-state index in [0.717, 1.165) is 11.8 Å². The number of hydrogen-bond donors (Lipinski definition) is 1. The van der Waals surface area contributed by atoms with Crippen molar-refractivity contribution in [3.8, 4) is 0 Å². The van der Waals surface area contributed by atoms with Gasteiger partial charge in [-0.2, -0.15) is 0 Å². The predicted octanol–water partition coefficient (Wildman–Crippen LogP) is 4.62. The molecule has 98 valence electrons. The molecule has 1 unspecified atom stereocenters. The molecule has 16 heavy (non-hydrogen) atoms. The van der Waals surface area contributed by atoms with Crippen LogP contribution in [0.25, 0.3) is 0 Å². The van der Waals surface area contributed by atoms with E-state index in [4.69, 9.17) is 0 Å². The molecule has 0 aromatic carbocycles. The number of hydrogen-bond acceptors (Lipinski definition) is 1. The van der Waals surface area contributed by atoms with E-state index >= 15 is 0 Å². The Bertz CT molecular complexity index is 133. The summed E-state index contributed by atoms with van der Waals surface area (Å²) in [5, 5.41) is 3.61. The molecule has 0 amide bonds. The zero-order valence-electron chi connectivity index (χ0n) is 12.0. The third-order valence-corrected chi connectivity index (χ3v) is 3.32. The lowest BCUT2D eigenvalue weighted by atomic mass is 10.0. The van der Waals surface area contributed by atoms with Crippen molar-refractivity contribution in [2.45, 2.75) is 72.6 Å². The molecule has 0 rings (SSSR count). The smallest absolute Gasteiger partial charge is 0.00230 e. The summed E-state index contributed by atoms with van der Waals surface area (Å²) < 4.78 is 0. The molecule has 0 saturated carbocycles. The van der Waals surface area contributed by atoms with Crippen molar-refractivity contribution in [2.75, 3.05) is 13.1 Å². The Kier molecular flexibility index (Phi) is 11.4. The SMILES string of the molecule is CCCCCC[C@H](C)CNCC(C)CCC. The zero-order chi connectivity index (χ0) is 12.2. The van der Waals surface area contributed by atoms with Crippen LogP contribution in [-0.4, -0.2) is 13.1 Å². The van der Waals surface area contributed by atoms with Gasteiger partial charge in [0.25, 0.3) is 0 Å². The third-order valence-electron chi connectivity index (χ3n) is 3.32. The van der Waals surface area contributed by atoms with Gasteiger partial charge in [-0.1, -0.05) is 59.8 Å². The molecule has 0 aliphatic heterocycles. The summed E-state index contributed by atoms with van der Waals surface area (Å²) in [6, 6.07) is 0. The van der Waals surface area contributed by atoms with Crippen LogP contribution in [0, 0.1) is 11.8 Å². The monoisotopic (exact) mass is 227 g/mol. The van der Waals surface area contributed by atoms with E-state index < -0.39 is 0 Å². The van der Waals surface area contributed by atoms with Gasteiger partial charge in [-0.05, 0) is 37.8 Å². The molecule has 0 heterocycles. The fourth-order valence-electron chi connectivity index (χ4n) is 2.19. The molecule has 2 atom stereocenters. The Morgan fingerprint density at radius 1 is 0.750 bits per heavy atom. The second-order valence-corrected chi connectivity index (χ2v) is 5.51. The minimum absolute atomic E-state index is 0.845. The maximum Gasteiger partial charge on any atom is -0.00230 e. The van der Waals surface area contributed by atoms with Gasteiger partial charge < -0.3 is 5.32 Å². The molecule has 0 saturated heterocycles. The van der Waals surface area contributed by atoms with Crippen molar-refractivity contribution >= 4 is 0 Å². The second kappa shape index (κ2) is 11.4. The molecular weight excluding hydrogens is 194 g/mol. The lowest BCUT2D eigenvalue weighted by molar-refractivity contribution is 0.415. The Hall–Kier alpha value is -0.0400. The molecule has 0 aliphatic rings. The average Bonchev–Trinajstić information content (AvgIpc) is 2.25. The van der Waals surface area contributed by atoms with Gasteiger partial charge >= 0.3 is 0 Å². The quantitative estimate of drug-likeness (QED) is 0.508. The van der Waals surface area contributed by atoms with Gasteiger partial charge in [0.05, 0.1) is 0 Å². The minimum atomic E-state index is 0.845. The molecule has 0 aromatic heterocycles. The van der Waals surface area contributed by atoms with Crippen molar-refractivity contribution < 1.29 is 0 Å². The van der Waals surface area contributed by atoms with Crippen LogP contribution in [-0.2, 0) is 0 Å². The summed E-state index contributed by atoms with van der Waals surface area (Å²) in [6.45, 7) is 11.7. The second-order valence-electron chi connectivity index (χ2n) is 5.51. The summed E-state index contributed by atoms with van der Waals surface area (Å²) in [5.41, 5.74) is 0. The van der Waals surface area contributed by atoms with Crippen molar-refractivity contribution in [1.29, 1.82) is 0 Å². The Morgan fingerprint density at radius 3 is 1.94 bits per heavy atom. The van der Waals surface area contributed by atoms with E-state index in [1.54, 1.807) is 0 Å². The number of nitrogens with one attached hydrogen (secondary N) is 1. The molecular formula is C15H33N. The van der Waals surface area contributed by atoms with Crippen LogP contribution >= 0.6 is 0 Å². The van der Waals surface area contributed by atoms with Crippen LogP contribution in [0.15, 0.2) is 0 Å². The standard InChI is InChI=1S/C15H33N/c1-5-7-8-9-11-15(4)13-16-12-14(3)10-6-2/h14-16H,5-13H2,1-4H3/t14?,15-/m0/s1. The maximum atomic E-state index is 3.61. The summed E-state index contributed by atoms with van der Waals surface area (Å²) in [4.78, 5) is 0. The Morgan fingerprint density at radius 2 is 1.38 bits per heavy atom. The van der Waals surface area contributed by atoms with Gasteiger partial charge in [0.2, 0.25) is 0 Å². The highest BCUT2D eigenvalue weighted by atomic mass is 14.9. The normalized spacial score (nSPS) is 15.0. The van der Waals surface area contributed by atoms with Gasteiger partial charge in [0, 0.05) is 0 Å². The van der Waals surface area contributed by atoms with E-state index in [-0.39, 0.29) is 0 Å². The summed E-state index contributed by atoms with van der Waals surface area (Å²) >= 11 is 0. The van der Waals surface area contributed by atoms with E-state index in [9.17, 15) is 0 Å². The summed E-state index contributed by atoms with van der Waals surface area (Å²) in [6.07, 6.45) is 9.67. The molecule has 0 aliphatic carbocycles. The van der Waals surface area contributed by atoms with E-state index in [2.05, 4.69) is 33.0 Å². The van der Waals surface area contributed by atoms with Crippen LogP contribution < -0.4 is 5.32 Å². The summed E-state index contributed by atoms with van der Waals surface area (Å²) in [5.74, 6) is 1.70. The number of unbranched alkanes of at least 4 members (excludes halogenated alkanes) is 3. The Labute approximate surface area is 103 Å². The van der Waals surface area contributed by atoms with Gasteiger partial charge in [-0.15, -0.1) is 0 Å². The molecule has 1 nitrogen and oxygen atoms in total. The largest absolute Gasteiger partial charge is 0.316 e. The molecule has 0 spiro atoms. The fourth-order valence-corrected chi connectivity index (χ4v) is 2.19. The van der Waals surface area contributed by atoms with E-state index in [0.29, 0.717) is 0 Å². The lowest BCUT2D eigenvalue weighted by Gasteiger charge is -2.15.